The van der Waals surface area contributed by atoms with Crippen LogP contribution in [0.3, 0.4) is 0 Å². The zero-order valence-electron chi connectivity index (χ0n) is 27.8. The Morgan fingerprint density at radius 3 is 2.59 bits per heavy atom. The topological polar surface area (TPSA) is 265 Å². The van der Waals surface area contributed by atoms with Gasteiger partial charge in [0, 0.05) is 53.8 Å². The number of hydrazone groups is 1. The van der Waals surface area contributed by atoms with Crippen molar-refractivity contribution in [3.8, 4) is 17.2 Å². The number of hydrogen-bond acceptors (Lipinski definition) is 14. The predicted molar refractivity (Wildman–Crippen MR) is 180 cm³/mol. The van der Waals surface area contributed by atoms with Crippen LogP contribution in [0.2, 0.25) is 0 Å². The van der Waals surface area contributed by atoms with Crippen LogP contribution in [-0.2, 0) is 20.7 Å². The average molecular weight is 731 g/mol. The largest absolute Gasteiger partial charge is 0.507 e. The molecule has 1 fully saturated rings. The number of carbonyl (C=O) groups is 3. The smallest absolute Gasteiger partial charge is 0.240 e. The number of azide groups is 1. The van der Waals surface area contributed by atoms with Crippen molar-refractivity contribution < 1.29 is 54.1 Å². The van der Waals surface area contributed by atoms with Gasteiger partial charge in [-0.15, -0.1) is 0 Å². The summed E-state index contributed by atoms with van der Waals surface area (Å²) in [5.41, 5.74) is 6.82. The summed E-state index contributed by atoms with van der Waals surface area (Å²) in [4.78, 5) is 45.5. The molecule has 0 aromatic heterocycles. The second-order valence-corrected chi connectivity index (χ2v) is 12.9. The van der Waals surface area contributed by atoms with E-state index in [4.69, 9.17) is 31.5 Å². The number of phenols is 2. The molecule has 0 spiro atoms. The Labute approximate surface area is 296 Å². The van der Waals surface area contributed by atoms with Crippen LogP contribution in [0.1, 0.15) is 94.5 Å². The zero-order valence-corrected chi connectivity index (χ0v) is 28.6. The number of unbranched alkanes of at least 4 members (excludes halogenated alkanes) is 2. The molecule has 5 rings (SSSR count). The number of benzene rings is 2. The first kappa shape index (κ1) is 37.9. The quantitative estimate of drug-likeness (QED) is 0.0196. The molecule has 0 bridgehead atoms. The van der Waals surface area contributed by atoms with E-state index < -0.39 is 95.8 Å². The monoisotopic (exact) mass is 730 g/mol. The number of aromatic hydroxyl groups is 2. The molecular weight excluding hydrogens is 692 g/mol. The van der Waals surface area contributed by atoms with Gasteiger partial charge in [0.05, 0.1) is 60.5 Å². The molecule has 7 N–H and O–H groups in total. The zero-order chi connectivity index (χ0) is 37.0. The number of phenolic OH excluding ortho intramolecular Hbond substituents is 2. The van der Waals surface area contributed by atoms with Gasteiger partial charge >= 0.3 is 0 Å². The fourth-order valence-electron chi connectivity index (χ4n) is 6.85. The normalized spacial score (nSPS) is 25.7. The van der Waals surface area contributed by atoms with Crippen molar-refractivity contribution in [1.29, 1.82) is 0 Å². The first-order chi connectivity index (χ1) is 24.4. The van der Waals surface area contributed by atoms with Crippen LogP contribution in [0.25, 0.3) is 10.4 Å². The van der Waals surface area contributed by atoms with E-state index in [2.05, 4.69) is 25.4 Å². The SMILES string of the molecule is COc1cccc2c1C(=O)c1c(O)c3c(c(O)c1C2=O)C[C@@](O)(C(CO)=NNC(=O)CCCCCN=[N+]=[N-])C[C@@H]3O[C@H]1C[C@H](NCl)[C@H](O)[C@H](C)O1. The van der Waals surface area contributed by atoms with E-state index in [-0.39, 0.29) is 46.6 Å². The van der Waals surface area contributed by atoms with Gasteiger partial charge in [-0.05, 0) is 43.1 Å². The van der Waals surface area contributed by atoms with Crippen LogP contribution in [0.15, 0.2) is 28.4 Å². The van der Waals surface area contributed by atoms with E-state index in [1.54, 1.807) is 6.92 Å². The molecule has 2 aromatic rings. The minimum absolute atomic E-state index is 0.00118. The number of methoxy groups -OCH3 is 1. The van der Waals surface area contributed by atoms with Gasteiger partial charge in [0.15, 0.2) is 12.1 Å². The minimum Gasteiger partial charge on any atom is -0.507 e. The highest BCUT2D eigenvalue weighted by molar-refractivity contribution is 6.31. The van der Waals surface area contributed by atoms with Crippen molar-refractivity contribution in [3.63, 3.8) is 0 Å². The van der Waals surface area contributed by atoms with Crippen LogP contribution in [0.4, 0.5) is 0 Å². The van der Waals surface area contributed by atoms with Gasteiger partial charge in [0.2, 0.25) is 11.7 Å². The molecule has 0 saturated carbocycles. The Hall–Kier alpha value is -4.32. The molecule has 2 aromatic carbocycles. The lowest BCUT2D eigenvalue weighted by Crippen LogP contribution is -2.53. The van der Waals surface area contributed by atoms with E-state index in [0.717, 1.165) is 0 Å². The number of aliphatic hydroxyl groups excluding tert-OH is 2. The molecule has 0 unspecified atom stereocenters. The number of nitrogens with one attached hydrogen (secondary N) is 2. The molecule has 18 heteroatoms. The maximum Gasteiger partial charge on any atom is 0.240 e. The van der Waals surface area contributed by atoms with Crippen molar-refractivity contribution in [3.05, 3.63) is 62.0 Å². The molecule has 3 aliphatic rings. The summed E-state index contributed by atoms with van der Waals surface area (Å²) in [6.07, 6.45) is -3.53. The maximum absolute atomic E-state index is 13.9. The number of carbonyl (C=O) groups excluding carboxylic acids is 3. The summed E-state index contributed by atoms with van der Waals surface area (Å²) in [7, 11) is 1.32. The van der Waals surface area contributed by atoms with Crippen LogP contribution < -0.4 is 15.0 Å². The molecule has 0 radical (unpaired) electrons. The second-order valence-electron chi connectivity index (χ2n) is 12.6. The third-order valence-corrected chi connectivity index (χ3v) is 9.75. The molecule has 274 valence electrons. The van der Waals surface area contributed by atoms with E-state index in [1.807, 2.05) is 0 Å². The van der Waals surface area contributed by atoms with Crippen molar-refractivity contribution >= 4 is 35.0 Å². The van der Waals surface area contributed by atoms with Gasteiger partial charge in [-0.2, -0.15) is 5.10 Å². The highest BCUT2D eigenvalue weighted by Gasteiger charge is 2.49. The summed E-state index contributed by atoms with van der Waals surface area (Å²) in [6, 6.07) is 3.67. The van der Waals surface area contributed by atoms with Gasteiger partial charge in [-0.3, -0.25) is 14.4 Å². The standard InChI is InChI=1S/C33H39ClN6O11/c1-15-28(43)18(37-34)11-23(50-15)51-20-13-33(48,21(14-41)38-39-22(42)9-4-3-5-10-36-40-35)12-17-25(20)32(47)27-26(30(17)45)29(44)16-7-6-8-19(49-2)24(16)31(27)46/h6-8,15,18,20,23,28,37,41,43,45,47-48H,3-5,9-14H2,1-2H3,(H,39,42)/t15-,18-,20-,23-,28+,33-/m0/s1. The van der Waals surface area contributed by atoms with Gasteiger partial charge in [0.1, 0.15) is 22.8 Å². The summed E-state index contributed by atoms with van der Waals surface area (Å²) < 4.78 is 17.5. The molecule has 1 aliphatic heterocycles. The summed E-state index contributed by atoms with van der Waals surface area (Å²) >= 11 is 5.87. The molecule has 1 saturated heterocycles. The first-order valence-electron chi connectivity index (χ1n) is 16.3. The number of nitrogens with zero attached hydrogens (tertiary/aromatic N) is 4. The van der Waals surface area contributed by atoms with Crippen LogP contribution >= 0.6 is 11.8 Å². The Balaban J connectivity index is 1.55. The lowest BCUT2D eigenvalue weighted by atomic mass is 9.71. The number of aliphatic hydroxyl groups is 3. The van der Waals surface area contributed by atoms with Gasteiger partial charge in [-0.25, -0.2) is 10.3 Å². The predicted octanol–water partition coefficient (Wildman–Crippen LogP) is 2.56. The molecule has 1 heterocycles. The number of rotatable bonds is 13. The average Bonchev–Trinajstić information content (AvgIpc) is 3.11. The Morgan fingerprint density at radius 2 is 1.90 bits per heavy atom. The van der Waals surface area contributed by atoms with Gasteiger partial charge in [0.25, 0.3) is 0 Å². The number of halogens is 1. The van der Waals surface area contributed by atoms with Crippen molar-refractivity contribution in [2.75, 3.05) is 20.3 Å². The number of amides is 1. The van der Waals surface area contributed by atoms with Gasteiger partial charge < -0.3 is 39.7 Å². The third kappa shape index (κ3) is 7.38. The summed E-state index contributed by atoms with van der Waals surface area (Å²) in [6.45, 7) is 1.03. The highest BCUT2D eigenvalue weighted by atomic mass is 35.5. The maximum atomic E-state index is 13.9. The molecule has 1 amide bonds. The highest BCUT2D eigenvalue weighted by Crippen LogP contribution is 2.52. The van der Waals surface area contributed by atoms with E-state index in [9.17, 15) is 39.9 Å². The number of fused-ring (bicyclic) bond motifs is 3. The molecule has 6 atom stereocenters. The van der Waals surface area contributed by atoms with Crippen LogP contribution in [0.5, 0.6) is 17.2 Å². The molecule has 51 heavy (non-hydrogen) atoms. The lowest BCUT2D eigenvalue weighted by molar-refractivity contribution is -0.247. The minimum atomic E-state index is -2.14. The molecule has 17 nitrogen and oxygen atoms in total. The number of ether oxygens (including phenoxy) is 3. The third-order valence-electron chi connectivity index (χ3n) is 9.47. The number of ketones is 2. The fraction of sp³-hybridized carbons (Fsp3) is 0.515. The molecular formula is C33H39ClN6O11. The second kappa shape index (κ2) is 15.9. The van der Waals surface area contributed by atoms with Crippen molar-refractivity contribution in [2.45, 2.75) is 88.1 Å². The van der Waals surface area contributed by atoms with Crippen LogP contribution in [-0.4, -0.2) is 99.1 Å². The van der Waals surface area contributed by atoms with Crippen LogP contribution in [0, 0.1) is 0 Å². The van der Waals surface area contributed by atoms with Gasteiger partial charge in [-0.1, -0.05) is 23.7 Å². The fourth-order valence-corrected chi connectivity index (χ4v) is 7.06. The van der Waals surface area contributed by atoms with E-state index >= 15 is 0 Å². The first-order valence-corrected chi connectivity index (χ1v) is 16.7. The van der Waals surface area contributed by atoms with E-state index in [0.29, 0.717) is 25.8 Å². The number of hydrogen-bond donors (Lipinski definition) is 7. The summed E-state index contributed by atoms with van der Waals surface area (Å²) in [5.74, 6) is -3.39. The Kier molecular flexibility index (Phi) is 11.8. The molecule has 2 aliphatic carbocycles. The lowest BCUT2D eigenvalue weighted by Gasteiger charge is -2.43. The Bertz CT molecular complexity index is 1780. The Morgan fingerprint density at radius 1 is 1.16 bits per heavy atom. The van der Waals surface area contributed by atoms with Crippen molar-refractivity contribution in [2.24, 2.45) is 10.2 Å². The van der Waals surface area contributed by atoms with E-state index in [1.165, 1.54) is 25.3 Å². The summed E-state index contributed by atoms with van der Waals surface area (Å²) in [5, 5.41) is 64.0. The van der Waals surface area contributed by atoms with Crippen molar-refractivity contribution in [1.82, 2.24) is 10.3 Å².